The summed E-state index contributed by atoms with van der Waals surface area (Å²) in [7, 11) is 1.29. The Kier molecular flexibility index (Phi) is 10.5. The van der Waals surface area contributed by atoms with Crippen molar-refractivity contribution in [3.8, 4) is 0 Å². The first-order valence-corrected chi connectivity index (χ1v) is 14.3. The van der Waals surface area contributed by atoms with E-state index in [1.807, 2.05) is 37.3 Å². The molecule has 4 aromatic rings. The number of methoxy groups -OCH3 is 1. The van der Waals surface area contributed by atoms with E-state index in [2.05, 4.69) is 16.0 Å². The lowest BCUT2D eigenvalue weighted by Gasteiger charge is -2.15. The van der Waals surface area contributed by atoms with Crippen molar-refractivity contribution in [3.63, 3.8) is 0 Å². The summed E-state index contributed by atoms with van der Waals surface area (Å²) in [6.45, 7) is 3.71. The van der Waals surface area contributed by atoms with Crippen LogP contribution in [-0.4, -0.2) is 36.1 Å². The number of esters is 1. The predicted octanol–water partition coefficient (Wildman–Crippen LogP) is 6.31. The molecule has 0 spiro atoms. The number of para-hydroxylation sites is 1. The lowest BCUT2D eigenvalue weighted by Crippen LogP contribution is -2.30. The van der Waals surface area contributed by atoms with E-state index in [1.165, 1.54) is 18.9 Å². The van der Waals surface area contributed by atoms with E-state index >= 15 is 0 Å². The maximum Gasteiger partial charge on any atom is 0.339 e. The summed E-state index contributed by atoms with van der Waals surface area (Å²) in [6.07, 6.45) is 1.63. The van der Waals surface area contributed by atoms with Crippen LogP contribution in [0.1, 0.15) is 38.8 Å². The zero-order valence-corrected chi connectivity index (χ0v) is 24.7. The lowest BCUT2D eigenvalue weighted by molar-refractivity contribution is -0.115. The van der Waals surface area contributed by atoms with Crippen molar-refractivity contribution in [1.29, 1.82) is 0 Å². The van der Waals surface area contributed by atoms with E-state index in [9.17, 15) is 19.2 Å². The number of hydrogen-bond acceptors (Lipinski definition) is 6. The Hall–Kier alpha value is -5.15. The minimum absolute atomic E-state index is 0.0930. The van der Waals surface area contributed by atoms with Crippen LogP contribution in [0, 0.1) is 6.92 Å². The van der Waals surface area contributed by atoms with Gasteiger partial charge in [-0.2, -0.15) is 0 Å². The molecule has 8 nitrogen and oxygen atoms in total. The molecule has 1 atom stereocenters. The third-order valence-corrected chi connectivity index (χ3v) is 7.38. The smallest absolute Gasteiger partial charge is 0.339 e. The highest BCUT2D eigenvalue weighted by molar-refractivity contribution is 8.00. The molecule has 0 saturated carbocycles. The molecule has 0 aliphatic rings. The molecule has 3 amide bonds. The highest BCUT2D eigenvalue weighted by Gasteiger charge is 2.19. The molecule has 0 saturated heterocycles. The molecule has 218 valence electrons. The van der Waals surface area contributed by atoms with Crippen LogP contribution in [0.15, 0.2) is 114 Å². The minimum atomic E-state index is -0.537. The number of hydrogen-bond donors (Lipinski definition) is 3. The molecule has 0 heterocycles. The van der Waals surface area contributed by atoms with Crippen LogP contribution in [0.3, 0.4) is 0 Å². The number of carbonyl (C=O) groups excluding carboxylic acids is 4. The average Bonchev–Trinajstić information content (AvgIpc) is 3.02. The quantitative estimate of drug-likeness (QED) is 0.113. The van der Waals surface area contributed by atoms with Crippen LogP contribution in [0.2, 0.25) is 0 Å². The molecule has 43 heavy (non-hydrogen) atoms. The third kappa shape index (κ3) is 8.67. The molecule has 0 fully saturated rings. The number of amides is 3. The lowest BCUT2D eigenvalue weighted by atomic mass is 10.1. The second-order valence-corrected chi connectivity index (χ2v) is 11.0. The van der Waals surface area contributed by atoms with E-state index < -0.39 is 23.0 Å². The van der Waals surface area contributed by atoms with E-state index in [4.69, 9.17) is 4.74 Å². The first-order valence-electron chi connectivity index (χ1n) is 13.4. The molecule has 0 bridgehead atoms. The summed E-state index contributed by atoms with van der Waals surface area (Å²) in [5.74, 6) is -1.70. The van der Waals surface area contributed by atoms with E-state index in [0.717, 1.165) is 16.0 Å². The van der Waals surface area contributed by atoms with Crippen molar-refractivity contribution < 1.29 is 23.9 Å². The van der Waals surface area contributed by atoms with Gasteiger partial charge in [0.15, 0.2) is 0 Å². The molecule has 4 rings (SSSR count). The van der Waals surface area contributed by atoms with Crippen molar-refractivity contribution in [3.05, 3.63) is 131 Å². The molecule has 9 heteroatoms. The first kappa shape index (κ1) is 30.8. The Morgan fingerprint density at radius 1 is 0.814 bits per heavy atom. The Labute approximate surface area is 254 Å². The number of benzene rings is 4. The normalized spacial score (nSPS) is 11.7. The first-order chi connectivity index (χ1) is 20.7. The van der Waals surface area contributed by atoms with Gasteiger partial charge in [0.1, 0.15) is 5.70 Å². The van der Waals surface area contributed by atoms with Gasteiger partial charge < -0.3 is 20.7 Å². The summed E-state index contributed by atoms with van der Waals surface area (Å²) in [5, 5.41) is 7.88. The maximum absolute atomic E-state index is 13.3. The van der Waals surface area contributed by atoms with E-state index in [-0.39, 0.29) is 17.2 Å². The van der Waals surface area contributed by atoms with Crippen LogP contribution in [0.25, 0.3) is 6.08 Å². The third-order valence-electron chi connectivity index (χ3n) is 6.27. The number of thioether (sulfide) groups is 1. The van der Waals surface area contributed by atoms with Crippen molar-refractivity contribution in [1.82, 2.24) is 5.32 Å². The molecule has 4 aromatic carbocycles. The highest BCUT2D eigenvalue weighted by Crippen LogP contribution is 2.26. The van der Waals surface area contributed by atoms with Crippen LogP contribution in [0.4, 0.5) is 11.4 Å². The molecule has 0 aromatic heterocycles. The Morgan fingerprint density at radius 2 is 1.51 bits per heavy atom. The Bertz CT molecular complexity index is 1650. The van der Waals surface area contributed by atoms with Crippen LogP contribution >= 0.6 is 11.8 Å². The second kappa shape index (κ2) is 14.7. The number of aryl methyl sites for hydroxylation is 1. The van der Waals surface area contributed by atoms with Crippen LogP contribution in [0.5, 0.6) is 0 Å². The van der Waals surface area contributed by atoms with Gasteiger partial charge in [0.05, 0.1) is 23.6 Å². The van der Waals surface area contributed by atoms with Crippen LogP contribution in [-0.2, 0) is 14.3 Å². The fourth-order valence-corrected chi connectivity index (χ4v) is 4.92. The number of nitrogens with one attached hydrogen (secondary N) is 3. The number of anilines is 2. The van der Waals surface area contributed by atoms with Crippen molar-refractivity contribution >= 4 is 52.9 Å². The van der Waals surface area contributed by atoms with E-state index in [0.29, 0.717) is 16.9 Å². The molecule has 0 radical (unpaired) electrons. The Morgan fingerprint density at radius 3 is 2.21 bits per heavy atom. The summed E-state index contributed by atoms with van der Waals surface area (Å²) in [4.78, 5) is 51.8. The molecular weight excluding hydrogens is 562 g/mol. The van der Waals surface area contributed by atoms with Gasteiger partial charge >= 0.3 is 5.97 Å². The molecule has 0 aliphatic heterocycles. The summed E-state index contributed by atoms with van der Waals surface area (Å²) in [5.41, 5.74) is 3.47. The zero-order valence-electron chi connectivity index (χ0n) is 23.9. The van der Waals surface area contributed by atoms with Gasteiger partial charge in [-0.3, -0.25) is 14.4 Å². The minimum Gasteiger partial charge on any atom is -0.465 e. The van der Waals surface area contributed by atoms with Gasteiger partial charge in [-0.25, -0.2) is 4.79 Å². The van der Waals surface area contributed by atoms with Crippen molar-refractivity contribution in [2.24, 2.45) is 0 Å². The van der Waals surface area contributed by atoms with Crippen LogP contribution < -0.4 is 16.0 Å². The number of carbonyl (C=O) groups is 4. The van der Waals surface area contributed by atoms with Gasteiger partial charge in [0, 0.05) is 16.1 Å². The predicted molar refractivity (Wildman–Crippen MR) is 170 cm³/mol. The van der Waals surface area contributed by atoms with Gasteiger partial charge in [0.25, 0.3) is 11.8 Å². The summed E-state index contributed by atoms with van der Waals surface area (Å²) in [6, 6.07) is 29.9. The standard InChI is InChI=1S/C34H31N3O5S/c1-22-10-9-11-24(20-22)21-30(37-32(39)25-12-5-4-6-13-25)33(40)35-26-16-18-27(19-17-26)43-23(2)31(38)36-29-15-8-7-14-28(29)34(41)42-3/h4-21,23H,1-3H3,(H,35,40)(H,36,38)(H,37,39)/b30-21-. The largest absolute Gasteiger partial charge is 0.465 e. The Balaban J connectivity index is 1.43. The average molecular weight is 594 g/mol. The topological polar surface area (TPSA) is 114 Å². The second-order valence-electron chi connectivity index (χ2n) is 9.56. The molecule has 0 aliphatic carbocycles. The van der Waals surface area contributed by atoms with E-state index in [1.54, 1.807) is 85.8 Å². The molecule has 3 N–H and O–H groups in total. The SMILES string of the molecule is COC(=O)c1ccccc1NC(=O)C(C)Sc1ccc(NC(=O)/C(=C/c2cccc(C)c2)NC(=O)c2ccccc2)cc1. The van der Waals surface area contributed by atoms with Crippen molar-refractivity contribution in [2.75, 3.05) is 17.7 Å². The monoisotopic (exact) mass is 593 g/mol. The van der Waals surface area contributed by atoms with Gasteiger partial charge in [-0.05, 0) is 74.0 Å². The fraction of sp³-hybridized carbons (Fsp3) is 0.118. The van der Waals surface area contributed by atoms with Gasteiger partial charge in [-0.1, -0.05) is 60.2 Å². The molecular formula is C34H31N3O5S. The zero-order chi connectivity index (χ0) is 30.8. The molecule has 1 unspecified atom stereocenters. The highest BCUT2D eigenvalue weighted by atomic mass is 32.2. The summed E-state index contributed by atoms with van der Waals surface area (Å²) >= 11 is 1.32. The van der Waals surface area contributed by atoms with Gasteiger partial charge in [0.2, 0.25) is 5.91 Å². The maximum atomic E-state index is 13.3. The fourth-order valence-electron chi connectivity index (χ4n) is 4.06. The van der Waals surface area contributed by atoms with Gasteiger partial charge in [-0.15, -0.1) is 11.8 Å². The number of rotatable bonds is 10. The number of ether oxygens (including phenoxy) is 1. The van der Waals surface area contributed by atoms with Crippen molar-refractivity contribution in [2.45, 2.75) is 24.0 Å². The summed E-state index contributed by atoms with van der Waals surface area (Å²) < 4.78 is 4.79.